The zero-order valence-corrected chi connectivity index (χ0v) is 15.6. The van der Waals surface area contributed by atoms with Crippen LogP contribution in [0, 0.1) is 0 Å². The van der Waals surface area contributed by atoms with Crippen molar-refractivity contribution in [3.8, 4) is 0 Å². The number of thiophene rings is 2. The van der Waals surface area contributed by atoms with Gasteiger partial charge in [-0.1, -0.05) is 6.07 Å². The van der Waals surface area contributed by atoms with Gasteiger partial charge in [0.2, 0.25) is 10.0 Å². The van der Waals surface area contributed by atoms with Crippen LogP contribution in [-0.2, 0) is 15.6 Å². The summed E-state index contributed by atoms with van der Waals surface area (Å²) in [6.45, 7) is -0.190. The molecule has 0 spiro atoms. The lowest BCUT2D eigenvalue weighted by Crippen LogP contribution is -2.40. The lowest BCUT2D eigenvalue weighted by atomic mass is 9.95. The molecular formula is C14H12BrNO4S3. The molecule has 0 saturated carbocycles. The molecule has 0 aliphatic heterocycles. The zero-order chi connectivity index (χ0) is 16.5. The molecule has 0 saturated heterocycles. The van der Waals surface area contributed by atoms with E-state index in [9.17, 15) is 13.5 Å². The molecule has 2 N–H and O–H groups in total. The van der Waals surface area contributed by atoms with Gasteiger partial charge in [0.15, 0.2) is 0 Å². The number of furan rings is 1. The van der Waals surface area contributed by atoms with Gasteiger partial charge in [-0.05, 0) is 45.6 Å². The summed E-state index contributed by atoms with van der Waals surface area (Å²) in [6.07, 6.45) is 2.86. The summed E-state index contributed by atoms with van der Waals surface area (Å²) in [5, 5.41) is 12.9. The minimum Gasteiger partial charge on any atom is -0.472 e. The summed E-state index contributed by atoms with van der Waals surface area (Å²) in [5.74, 6) is 0. The van der Waals surface area contributed by atoms with Crippen LogP contribution in [0.25, 0.3) is 0 Å². The van der Waals surface area contributed by atoms with Gasteiger partial charge in [-0.3, -0.25) is 0 Å². The molecule has 0 fully saturated rings. The average Bonchev–Trinajstić information content (AvgIpc) is 3.25. The van der Waals surface area contributed by atoms with Gasteiger partial charge in [-0.15, -0.1) is 22.7 Å². The van der Waals surface area contributed by atoms with Crippen molar-refractivity contribution in [1.29, 1.82) is 0 Å². The van der Waals surface area contributed by atoms with Gasteiger partial charge in [0.1, 0.15) is 9.81 Å². The van der Waals surface area contributed by atoms with E-state index in [2.05, 4.69) is 20.7 Å². The van der Waals surface area contributed by atoms with Crippen molar-refractivity contribution in [2.75, 3.05) is 6.54 Å². The van der Waals surface area contributed by atoms with Crippen LogP contribution in [0.1, 0.15) is 10.4 Å². The Morgan fingerprint density at radius 3 is 2.70 bits per heavy atom. The second kappa shape index (κ2) is 6.50. The number of nitrogens with one attached hydrogen (secondary N) is 1. The summed E-state index contributed by atoms with van der Waals surface area (Å²) >= 11 is 5.70. The van der Waals surface area contributed by atoms with Gasteiger partial charge >= 0.3 is 0 Å². The minimum atomic E-state index is -3.70. The summed E-state index contributed by atoms with van der Waals surface area (Å²) in [4.78, 5) is 0.633. The fraction of sp³-hybridized carbons (Fsp3) is 0.143. The number of hydrogen-bond donors (Lipinski definition) is 2. The lowest BCUT2D eigenvalue weighted by Gasteiger charge is -2.26. The Bertz CT molecular complexity index is 835. The van der Waals surface area contributed by atoms with Crippen molar-refractivity contribution in [2.45, 2.75) is 9.81 Å². The molecular weight excluding hydrogens is 422 g/mol. The first kappa shape index (κ1) is 16.9. The van der Waals surface area contributed by atoms with E-state index in [1.807, 2.05) is 5.38 Å². The summed E-state index contributed by atoms with van der Waals surface area (Å²) in [6, 6.07) is 8.36. The third kappa shape index (κ3) is 3.44. The van der Waals surface area contributed by atoms with E-state index in [4.69, 9.17) is 4.42 Å². The van der Waals surface area contributed by atoms with E-state index in [1.165, 1.54) is 29.9 Å². The van der Waals surface area contributed by atoms with E-state index in [0.29, 0.717) is 10.4 Å². The normalized spacial score (nSPS) is 14.7. The molecule has 1 unspecified atom stereocenters. The van der Waals surface area contributed by atoms with Crippen molar-refractivity contribution in [1.82, 2.24) is 4.72 Å². The summed E-state index contributed by atoms with van der Waals surface area (Å²) < 4.78 is 33.2. The Morgan fingerprint density at radius 2 is 2.13 bits per heavy atom. The first-order valence-electron chi connectivity index (χ1n) is 6.46. The van der Waals surface area contributed by atoms with E-state index < -0.39 is 15.6 Å². The standard InChI is InChI=1S/C14H12BrNO4S3/c15-12-3-4-13(22-12)23(18,19)16-9-14(17,10-5-6-20-8-10)11-2-1-7-21-11/h1-8,16-17H,9H2. The Labute approximate surface area is 149 Å². The van der Waals surface area contributed by atoms with Crippen LogP contribution < -0.4 is 4.72 Å². The third-order valence-electron chi connectivity index (χ3n) is 3.26. The highest BCUT2D eigenvalue weighted by Gasteiger charge is 2.35. The molecule has 122 valence electrons. The Morgan fingerprint density at radius 1 is 1.30 bits per heavy atom. The molecule has 9 heteroatoms. The average molecular weight is 434 g/mol. The highest BCUT2D eigenvalue weighted by atomic mass is 79.9. The Hall–Kier alpha value is -0.970. The van der Waals surface area contributed by atoms with E-state index in [1.54, 1.807) is 24.3 Å². The molecule has 0 amide bonds. The van der Waals surface area contributed by atoms with Gasteiger partial charge in [0.05, 0.1) is 16.3 Å². The van der Waals surface area contributed by atoms with Crippen molar-refractivity contribution in [3.63, 3.8) is 0 Å². The molecule has 1 atom stereocenters. The second-order valence-corrected chi connectivity index (χ2v) is 10.1. The smallest absolute Gasteiger partial charge is 0.250 e. The highest BCUT2D eigenvalue weighted by Crippen LogP contribution is 2.33. The largest absolute Gasteiger partial charge is 0.472 e. The van der Waals surface area contributed by atoms with Gasteiger partial charge in [-0.2, -0.15) is 0 Å². The summed E-state index contributed by atoms with van der Waals surface area (Å²) in [7, 11) is -3.70. The minimum absolute atomic E-state index is 0.185. The molecule has 0 aliphatic rings. The monoisotopic (exact) mass is 433 g/mol. The van der Waals surface area contributed by atoms with Crippen LogP contribution >= 0.6 is 38.6 Å². The van der Waals surface area contributed by atoms with Gasteiger partial charge in [-0.25, -0.2) is 13.1 Å². The molecule has 3 rings (SSSR count). The Kier molecular flexibility index (Phi) is 4.77. The topological polar surface area (TPSA) is 79.5 Å². The molecule has 3 aromatic rings. The van der Waals surface area contributed by atoms with Crippen LogP contribution in [0.5, 0.6) is 0 Å². The van der Waals surface area contributed by atoms with E-state index in [0.717, 1.165) is 15.1 Å². The van der Waals surface area contributed by atoms with Gasteiger partial charge in [0, 0.05) is 17.0 Å². The molecule has 3 heterocycles. The molecule has 0 radical (unpaired) electrons. The fourth-order valence-corrected chi connectivity index (χ4v) is 6.02. The van der Waals surface area contributed by atoms with Crippen molar-refractivity contribution >= 4 is 48.6 Å². The van der Waals surface area contributed by atoms with Gasteiger partial charge in [0.25, 0.3) is 0 Å². The maximum absolute atomic E-state index is 12.4. The molecule has 5 nitrogen and oxygen atoms in total. The number of rotatable bonds is 6. The van der Waals surface area contributed by atoms with Crippen LogP contribution in [-0.4, -0.2) is 20.1 Å². The lowest BCUT2D eigenvalue weighted by molar-refractivity contribution is 0.0892. The van der Waals surface area contributed by atoms with E-state index in [-0.39, 0.29) is 10.8 Å². The molecule has 0 bridgehead atoms. The van der Waals surface area contributed by atoms with Gasteiger partial charge < -0.3 is 9.52 Å². The maximum Gasteiger partial charge on any atom is 0.250 e. The predicted molar refractivity (Wildman–Crippen MR) is 93.2 cm³/mol. The van der Waals surface area contributed by atoms with Crippen LogP contribution in [0.3, 0.4) is 0 Å². The zero-order valence-electron chi connectivity index (χ0n) is 11.6. The van der Waals surface area contributed by atoms with Crippen molar-refractivity contribution in [2.24, 2.45) is 0 Å². The highest BCUT2D eigenvalue weighted by molar-refractivity contribution is 9.11. The summed E-state index contributed by atoms with van der Waals surface area (Å²) in [5.41, 5.74) is -0.988. The third-order valence-corrected chi connectivity index (χ3v) is 7.80. The van der Waals surface area contributed by atoms with Crippen LogP contribution in [0.2, 0.25) is 0 Å². The number of sulfonamides is 1. The molecule has 23 heavy (non-hydrogen) atoms. The first-order chi connectivity index (χ1) is 10.9. The number of hydrogen-bond acceptors (Lipinski definition) is 6. The van der Waals surface area contributed by atoms with E-state index >= 15 is 0 Å². The molecule has 0 aliphatic carbocycles. The van der Waals surface area contributed by atoms with Crippen molar-refractivity contribution < 1.29 is 17.9 Å². The number of aliphatic hydroxyl groups is 1. The van der Waals surface area contributed by atoms with Crippen LogP contribution in [0.4, 0.5) is 0 Å². The maximum atomic E-state index is 12.4. The second-order valence-electron chi connectivity index (χ2n) is 4.73. The molecule has 3 aromatic heterocycles. The Balaban J connectivity index is 1.89. The SMILES string of the molecule is O=S(=O)(NCC(O)(c1ccoc1)c1cccs1)c1ccc(Br)s1. The number of halogens is 1. The predicted octanol–water partition coefficient (Wildman–Crippen LogP) is 3.38. The van der Waals surface area contributed by atoms with Crippen molar-refractivity contribution in [3.05, 3.63) is 62.5 Å². The first-order valence-corrected chi connectivity index (χ1v) is 10.4. The quantitative estimate of drug-likeness (QED) is 0.624. The fourth-order valence-electron chi connectivity index (χ4n) is 2.06. The van der Waals surface area contributed by atoms with Crippen LogP contribution in [0.15, 0.2) is 60.7 Å². The molecule has 0 aromatic carbocycles.